The first-order valence-electron chi connectivity index (χ1n) is 14.0. The smallest absolute Gasteiger partial charge is 0.338 e. The number of unbranched alkanes of at least 4 members (excludes halogenated alkanes) is 3. The van der Waals surface area contributed by atoms with Gasteiger partial charge in [-0.2, -0.15) is 0 Å². The van der Waals surface area contributed by atoms with Crippen LogP contribution in [0, 0.1) is 6.92 Å². The molecule has 0 aromatic heterocycles. The Balaban J connectivity index is 0.00000108. The first kappa shape index (κ1) is 32.5. The Morgan fingerprint density at radius 1 is 0.927 bits per heavy atom. The van der Waals surface area contributed by atoms with Gasteiger partial charge in [0.2, 0.25) is 5.36 Å². The minimum Gasteiger partial charge on any atom is -0.550 e. The van der Waals surface area contributed by atoms with E-state index in [2.05, 4.69) is 88.4 Å². The van der Waals surface area contributed by atoms with Gasteiger partial charge in [0.05, 0.1) is 22.7 Å². The van der Waals surface area contributed by atoms with Crippen molar-refractivity contribution in [2.45, 2.75) is 60.3 Å². The van der Waals surface area contributed by atoms with E-state index in [1.54, 1.807) is 0 Å². The van der Waals surface area contributed by atoms with Crippen molar-refractivity contribution in [1.29, 1.82) is 0 Å². The lowest BCUT2D eigenvalue weighted by molar-refractivity contribution is -0.302. The summed E-state index contributed by atoms with van der Waals surface area (Å²) in [6.07, 6.45) is 4.25. The molecular weight excluding hydrogens is 650 g/mol. The molecule has 0 saturated carbocycles. The zero-order chi connectivity index (χ0) is 30.1. The second-order valence-electron chi connectivity index (χ2n) is 9.78. The third-order valence-corrected chi connectivity index (χ3v) is 8.31. The number of carbonyl (C=O) groups is 2. The average Bonchev–Trinajstić information content (AvgIpc) is 2.93. The Labute approximate surface area is 258 Å². The lowest BCUT2D eigenvalue weighted by Gasteiger charge is -2.18. The molecule has 2 aliphatic rings. The number of carboxylic acids is 1. The van der Waals surface area contributed by atoms with Crippen LogP contribution in [0.15, 0.2) is 61.9 Å². The molecule has 8 heteroatoms. The second-order valence-corrected chi connectivity index (χ2v) is 11.5. The van der Waals surface area contributed by atoms with Crippen LogP contribution >= 0.6 is 31.9 Å². The largest absolute Gasteiger partial charge is 0.550 e. The van der Waals surface area contributed by atoms with Crippen LogP contribution in [0.4, 0.5) is 0 Å². The first-order chi connectivity index (χ1) is 19.6. The molecule has 0 N–H and O–H groups in total. The Hall–Kier alpha value is -2.97. The molecule has 0 amide bonds. The van der Waals surface area contributed by atoms with Gasteiger partial charge in [0.25, 0.3) is 0 Å². The van der Waals surface area contributed by atoms with E-state index in [0.29, 0.717) is 12.2 Å². The van der Waals surface area contributed by atoms with Gasteiger partial charge in [0.1, 0.15) is 24.4 Å². The van der Waals surface area contributed by atoms with Crippen LogP contribution in [0.2, 0.25) is 0 Å². The molecule has 2 aromatic carbocycles. The van der Waals surface area contributed by atoms with E-state index in [9.17, 15) is 4.79 Å². The summed E-state index contributed by atoms with van der Waals surface area (Å²) in [5, 5.41) is 10.9. The van der Waals surface area contributed by atoms with Gasteiger partial charge in [0, 0.05) is 27.0 Å². The number of halogens is 2. The highest BCUT2D eigenvalue weighted by atomic mass is 79.9. The highest BCUT2D eigenvalue weighted by molar-refractivity contribution is 9.10. The van der Waals surface area contributed by atoms with E-state index in [0.717, 1.165) is 99.0 Å². The molecule has 0 atom stereocenters. The SMILES string of the molecule is CC(=O)[O-].CCCCCCOC(=O)c1ccccc1-c1c2cc(Br)c(=[N+](CC)CC)cc-2oc2cc(C)c(Br)cc12. The average molecular weight is 687 g/mol. The Kier molecular flexibility index (Phi) is 12.2. The molecule has 0 spiro atoms. The van der Waals surface area contributed by atoms with Gasteiger partial charge in [-0.3, -0.25) is 0 Å². The fourth-order valence-corrected chi connectivity index (χ4v) is 5.71. The molecule has 4 rings (SSSR count). The second kappa shape index (κ2) is 15.3. The molecule has 0 radical (unpaired) electrons. The van der Waals surface area contributed by atoms with Crippen molar-refractivity contribution in [3.63, 3.8) is 0 Å². The van der Waals surface area contributed by atoms with Gasteiger partial charge in [-0.1, -0.05) is 60.3 Å². The van der Waals surface area contributed by atoms with Crippen molar-refractivity contribution in [3.8, 4) is 22.5 Å². The maximum Gasteiger partial charge on any atom is 0.338 e. The van der Waals surface area contributed by atoms with Crippen LogP contribution in [-0.4, -0.2) is 31.6 Å². The lowest BCUT2D eigenvalue weighted by Crippen LogP contribution is -2.30. The number of carbonyl (C=O) groups excluding carboxylic acids is 2. The number of aryl methyl sites for hydroxylation is 1. The summed E-state index contributed by atoms with van der Waals surface area (Å²) in [6.45, 7) is 11.7. The van der Waals surface area contributed by atoms with Gasteiger partial charge < -0.3 is 19.1 Å². The van der Waals surface area contributed by atoms with Gasteiger partial charge in [-0.15, -0.1) is 0 Å². The van der Waals surface area contributed by atoms with Gasteiger partial charge in [-0.25, -0.2) is 9.37 Å². The zero-order valence-electron chi connectivity index (χ0n) is 24.3. The Morgan fingerprint density at radius 2 is 1.61 bits per heavy atom. The van der Waals surface area contributed by atoms with Crippen LogP contribution in [0.1, 0.15) is 69.3 Å². The van der Waals surface area contributed by atoms with Gasteiger partial charge in [0.15, 0.2) is 0 Å². The molecule has 2 aromatic rings. The highest BCUT2D eigenvalue weighted by Crippen LogP contribution is 2.43. The monoisotopic (exact) mass is 685 g/mol. The van der Waals surface area contributed by atoms with E-state index in [-0.39, 0.29) is 5.97 Å². The maximum absolute atomic E-state index is 13.3. The predicted octanol–water partition coefficient (Wildman–Crippen LogP) is 7.34. The quantitative estimate of drug-likeness (QED) is 0.0796. The van der Waals surface area contributed by atoms with Crippen LogP contribution in [0.3, 0.4) is 0 Å². The number of ether oxygens (including phenoxy) is 1. The number of benzene rings is 3. The number of fused-ring (bicyclic) bond motifs is 2. The number of esters is 1. The number of hydrogen-bond acceptors (Lipinski definition) is 5. The molecule has 0 bridgehead atoms. The number of nitrogens with zero attached hydrogens (tertiary/aromatic N) is 1. The fourth-order valence-electron chi connectivity index (χ4n) is 4.77. The number of hydrogen-bond donors (Lipinski definition) is 0. The summed E-state index contributed by atoms with van der Waals surface area (Å²) in [4.78, 5) is 22.2. The lowest BCUT2D eigenvalue weighted by atomic mass is 9.90. The van der Waals surface area contributed by atoms with E-state index < -0.39 is 5.97 Å². The molecule has 218 valence electrons. The molecule has 0 unspecified atom stereocenters. The van der Waals surface area contributed by atoms with Gasteiger partial charge in [-0.05, 0) is 85.4 Å². The minimum atomic E-state index is -1.08. The summed E-state index contributed by atoms with van der Waals surface area (Å²) in [5.74, 6) is -0.601. The van der Waals surface area contributed by atoms with Crippen LogP contribution in [0.25, 0.3) is 33.4 Å². The number of rotatable bonds is 9. The maximum atomic E-state index is 13.3. The van der Waals surface area contributed by atoms with Crippen molar-refractivity contribution >= 4 is 54.8 Å². The highest BCUT2D eigenvalue weighted by Gasteiger charge is 2.24. The van der Waals surface area contributed by atoms with Crippen molar-refractivity contribution in [3.05, 3.63) is 74.0 Å². The van der Waals surface area contributed by atoms with Crippen LogP contribution in [-0.2, 0) is 9.53 Å². The van der Waals surface area contributed by atoms with Gasteiger partial charge >= 0.3 is 5.97 Å². The third kappa shape index (κ3) is 8.07. The zero-order valence-corrected chi connectivity index (χ0v) is 27.5. The molecule has 0 saturated heterocycles. The molecule has 41 heavy (non-hydrogen) atoms. The van der Waals surface area contributed by atoms with Crippen LogP contribution in [0.5, 0.6) is 0 Å². The standard InChI is InChI=1S/C31H34Br2NO3.C2H4O2/c1-5-8-9-12-15-36-31(35)22-14-11-10-13-21(22)30-23-17-25(32)20(4)16-28(23)37-29-19-27(34(6-2)7-3)26(33)18-24(29)30;1-2(3)4/h10-11,13-14,16-19H,5-9,12,15H2,1-4H3;1H3,(H,3,4)/q+1;/p-1. The summed E-state index contributed by atoms with van der Waals surface area (Å²) in [7, 11) is 0. The molecule has 1 aliphatic carbocycles. The Bertz CT molecular complexity index is 1560. The molecule has 1 heterocycles. The summed E-state index contributed by atoms with van der Waals surface area (Å²) < 4.78 is 16.5. The number of carboxylic acid groups (broad SMARTS) is 1. The normalized spacial score (nSPS) is 10.8. The topological polar surface area (TPSA) is 82.6 Å². The third-order valence-electron chi connectivity index (χ3n) is 6.82. The Morgan fingerprint density at radius 3 is 2.27 bits per heavy atom. The van der Waals surface area contributed by atoms with Crippen molar-refractivity contribution < 1.29 is 23.8 Å². The number of aliphatic carboxylic acids is 1. The summed E-state index contributed by atoms with van der Waals surface area (Å²) in [6, 6.07) is 16.1. The van der Waals surface area contributed by atoms with E-state index >= 15 is 0 Å². The molecule has 6 nitrogen and oxygen atoms in total. The molecule has 0 fully saturated rings. The minimum absolute atomic E-state index is 0.292. The van der Waals surface area contributed by atoms with Crippen molar-refractivity contribution in [2.24, 2.45) is 0 Å². The van der Waals surface area contributed by atoms with E-state index in [1.807, 2.05) is 24.3 Å². The van der Waals surface area contributed by atoms with Crippen molar-refractivity contribution in [2.75, 3.05) is 19.7 Å². The van der Waals surface area contributed by atoms with E-state index in [4.69, 9.17) is 19.1 Å². The first-order valence-corrected chi connectivity index (χ1v) is 15.6. The summed E-state index contributed by atoms with van der Waals surface area (Å²) >= 11 is 7.52. The van der Waals surface area contributed by atoms with E-state index in [1.165, 1.54) is 0 Å². The van der Waals surface area contributed by atoms with Crippen LogP contribution < -0.4 is 15.0 Å². The molecular formula is C33H37Br2NO5. The fraction of sp³-hybridized carbons (Fsp3) is 0.364. The van der Waals surface area contributed by atoms with Crippen molar-refractivity contribution in [1.82, 2.24) is 4.58 Å². The predicted molar refractivity (Wildman–Crippen MR) is 170 cm³/mol. The molecule has 1 aliphatic heterocycles. The summed E-state index contributed by atoms with van der Waals surface area (Å²) in [5.41, 5.74) is 5.16.